The second-order valence-electron chi connectivity index (χ2n) is 5.22. The molecule has 112 valence electrons. The number of carbonyl (C=O) groups excluding carboxylic acids is 1. The van der Waals surface area contributed by atoms with Crippen molar-refractivity contribution in [1.82, 2.24) is 4.90 Å². The number of carbonyl (C=O) groups is 1. The first-order valence-corrected chi connectivity index (χ1v) is 7.28. The van der Waals surface area contributed by atoms with E-state index in [1.807, 2.05) is 13.8 Å². The van der Waals surface area contributed by atoms with Crippen LogP contribution in [-0.2, 0) is 4.79 Å². The number of amidine groups is 1. The molecule has 0 atom stereocenters. The molecule has 0 aliphatic carbocycles. The lowest BCUT2D eigenvalue weighted by molar-refractivity contribution is -0.132. The quantitative estimate of drug-likeness (QED) is 0.211. The van der Waals surface area contributed by atoms with Crippen LogP contribution < -0.4 is 5.73 Å². The van der Waals surface area contributed by atoms with Crippen molar-refractivity contribution in [2.24, 2.45) is 10.9 Å². The minimum Gasteiger partial charge on any atom is -0.409 e. The molecule has 0 bridgehead atoms. The molecule has 0 fully saturated rings. The third kappa shape index (κ3) is 8.46. The van der Waals surface area contributed by atoms with Crippen molar-refractivity contribution < 1.29 is 10.0 Å². The van der Waals surface area contributed by atoms with E-state index in [2.05, 4.69) is 12.1 Å². The number of hydrogen-bond donors (Lipinski definition) is 2. The Bertz CT molecular complexity index is 278. The van der Waals surface area contributed by atoms with Crippen molar-refractivity contribution in [3.63, 3.8) is 0 Å². The van der Waals surface area contributed by atoms with Gasteiger partial charge in [0.15, 0.2) is 5.84 Å². The molecule has 0 aromatic heterocycles. The fourth-order valence-corrected chi connectivity index (χ4v) is 1.97. The van der Waals surface area contributed by atoms with Crippen LogP contribution in [0.4, 0.5) is 0 Å². The number of rotatable bonds is 10. The summed E-state index contributed by atoms with van der Waals surface area (Å²) in [4.78, 5) is 13.7. The van der Waals surface area contributed by atoms with Crippen LogP contribution in [0.15, 0.2) is 5.16 Å². The SMILES string of the molecule is CCCCCCCCC(=O)N(CC(N)=NO)C(C)C. The number of unbranched alkanes of at least 4 members (excludes halogenated alkanes) is 5. The lowest BCUT2D eigenvalue weighted by Crippen LogP contribution is -2.42. The third-order valence-electron chi connectivity index (χ3n) is 3.15. The van der Waals surface area contributed by atoms with E-state index in [1.54, 1.807) is 4.90 Å². The molecule has 19 heavy (non-hydrogen) atoms. The number of nitrogens with two attached hydrogens (primary N) is 1. The van der Waals surface area contributed by atoms with Crippen LogP contribution in [0.1, 0.15) is 65.7 Å². The van der Waals surface area contributed by atoms with E-state index in [9.17, 15) is 4.79 Å². The van der Waals surface area contributed by atoms with Crippen molar-refractivity contribution in [3.05, 3.63) is 0 Å². The zero-order chi connectivity index (χ0) is 14.7. The van der Waals surface area contributed by atoms with Crippen LogP contribution in [0.5, 0.6) is 0 Å². The predicted molar refractivity (Wildman–Crippen MR) is 78.3 cm³/mol. The normalized spacial score (nSPS) is 11.9. The Hall–Kier alpha value is -1.26. The summed E-state index contributed by atoms with van der Waals surface area (Å²) >= 11 is 0. The number of amides is 1. The van der Waals surface area contributed by atoms with E-state index in [0.717, 1.165) is 12.8 Å². The lowest BCUT2D eigenvalue weighted by atomic mass is 10.1. The first kappa shape index (κ1) is 17.7. The summed E-state index contributed by atoms with van der Waals surface area (Å²) in [6, 6.07) is 0.0629. The Labute approximate surface area is 116 Å². The van der Waals surface area contributed by atoms with Gasteiger partial charge in [0.1, 0.15) is 0 Å². The Kier molecular flexibility index (Phi) is 9.94. The highest BCUT2D eigenvalue weighted by atomic mass is 16.4. The lowest BCUT2D eigenvalue weighted by Gasteiger charge is -2.26. The summed E-state index contributed by atoms with van der Waals surface area (Å²) in [5.74, 6) is 0.155. The molecule has 3 N–H and O–H groups in total. The molecule has 0 spiro atoms. The topological polar surface area (TPSA) is 78.9 Å². The molecular formula is C14H29N3O2. The molecule has 0 saturated carbocycles. The number of hydrogen-bond acceptors (Lipinski definition) is 3. The average Bonchev–Trinajstić information content (AvgIpc) is 2.38. The molecular weight excluding hydrogens is 242 g/mol. The van der Waals surface area contributed by atoms with E-state index in [-0.39, 0.29) is 24.3 Å². The Morgan fingerprint density at radius 3 is 2.32 bits per heavy atom. The smallest absolute Gasteiger partial charge is 0.223 e. The predicted octanol–water partition coefficient (Wildman–Crippen LogP) is 2.72. The summed E-state index contributed by atoms with van der Waals surface area (Å²) in [6.07, 6.45) is 7.52. The standard InChI is InChI=1S/C14H29N3O2/c1-4-5-6-7-8-9-10-14(18)17(12(2)3)11-13(15)16-19/h12,19H,4-11H2,1-3H3,(H2,15,16). The monoisotopic (exact) mass is 271 g/mol. The van der Waals surface area contributed by atoms with Crippen molar-refractivity contribution in [3.8, 4) is 0 Å². The van der Waals surface area contributed by atoms with Crippen molar-refractivity contribution in [1.29, 1.82) is 0 Å². The van der Waals surface area contributed by atoms with Gasteiger partial charge in [0, 0.05) is 12.5 Å². The van der Waals surface area contributed by atoms with Crippen molar-refractivity contribution in [2.45, 2.75) is 71.8 Å². The van der Waals surface area contributed by atoms with Crippen LogP contribution in [-0.4, -0.2) is 34.4 Å². The molecule has 5 nitrogen and oxygen atoms in total. The number of oxime groups is 1. The van der Waals surface area contributed by atoms with Crippen LogP contribution in [0, 0.1) is 0 Å². The van der Waals surface area contributed by atoms with Crippen molar-refractivity contribution in [2.75, 3.05) is 6.54 Å². The highest BCUT2D eigenvalue weighted by Gasteiger charge is 2.17. The Morgan fingerprint density at radius 1 is 1.21 bits per heavy atom. The third-order valence-corrected chi connectivity index (χ3v) is 3.15. The van der Waals surface area contributed by atoms with Gasteiger partial charge in [-0.25, -0.2) is 0 Å². The van der Waals surface area contributed by atoms with Gasteiger partial charge >= 0.3 is 0 Å². The van der Waals surface area contributed by atoms with Crippen LogP contribution in [0.25, 0.3) is 0 Å². The summed E-state index contributed by atoms with van der Waals surface area (Å²) in [7, 11) is 0. The number of nitrogens with zero attached hydrogens (tertiary/aromatic N) is 2. The molecule has 5 heteroatoms. The van der Waals surface area contributed by atoms with E-state index < -0.39 is 0 Å². The molecule has 0 heterocycles. The van der Waals surface area contributed by atoms with Crippen LogP contribution in [0.2, 0.25) is 0 Å². The van der Waals surface area contributed by atoms with Gasteiger partial charge in [-0.1, -0.05) is 44.2 Å². The fourth-order valence-electron chi connectivity index (χ4n) is 1.97. The molecule has 0 aliphatic rings. The van der Waals surface area contributed by atoms with Gasteiger partial charge in [0.2, 0.25) is 5.91 Å². The zero-order valence-corrected chi connectivity index (χ0v) is 12.6. The maximum atomic E-state index is 12.1. The highest BCUT2D eigenvalue weighted by Crippen LogP contribution is 2.09. The molecule has 0 saturated heterocycles. The van der Waals surface area contributed by atoms with Crippen LogP contribution in [0.3, 0.4) is 0 Å². The largest absolute Gasteiger partial charge is 0.409 e. The van der Waals surface area contributed by atoms with Gasteiger partial charge in [-0.15, -0.1) is 0 Å². The average molecular weight is 271 g/mol. The van der Waals surface area contributed by atoms with Crippen LogP contribution >= 0.6 is 0 Å². The molecule has 0 aromatic rings. The van der Waals surface area contributed by atoms with E-state index in [0.29, 0.717) is 6.42 Å². The van der Waals surface area contributed by atoms with Gasteiger partial charge in [0.05, 0.1) is 6.54 Å². The molecule has 0 unspecified atom stereocenters. The molecule has 1 amide bonds. The van der Waals surface area contributed by atoms with E-state index in [4.69, 9.17) is 10.9 Å². The maximum Gasteiger partial charge on any atom is 0.223 e. The molecule has 0 aliphatic heterocycles. The van der Waals surface area contributed by atoms with Gasteiger partial charge in [-0.3, -0.25) is 4.79 Å². The summed E-state index contributed by atoms with van der Waals surface area (Å²) < 4.78 is 0. The minimum absolute atomic E-state index is 0.0629. The second-order valence-corrected chi connectivity index (χ2v) is 5.22. The summed E-state index contributed by atoms with van der Waals surface area (Å²) in [5.41, 5.74) is 5.47. The molecule has 0 aromatic carbocycles. The van der Waals surface area contributed by atoms with E-state index in [1.165, 1.54) is 25.7 Å². The van der Waals surface area contributed by atoms with Gasteiger partial charge in [-0.05, 0) is 20.3 Å². The molecule has 0 radical (unpaired) electrons. The fraction of sp³-hybridized carbons (Fsp3) is 0.857. The first-order chi connectivity index (χ1) is 9.02. The Balaban J connectivity index is 3.99. The zero-order valence-electron chi connectivity index (χ0n) is 12.6. The minimum atomic E-state index is 0.0629. The second kappa shape index (κ2) is 10.6. The summed E-state index contributed by atoms with van der Waals surface area (Å²) in [5, 5.41) is 11.5. The maximum absolute atomic E-state index is 12.1. The van der Waals surface area contributed by atoms with Gasteiger partial charge in [0.25, 0.3) is 0 Å². The van der Waals surface area contributed by atoms with Crippen molar-refractivity contribution >= 4 is 11.7 Å². The van der Waals surface area contributed by atoms with Gasteiger partial charge < -0.3 is 15.8 Å². The van der Waals surface area contributed by atoms with E-state index >= 15 is 0 Å². The van der Waals surface area contributed by atoms with Gasteiger partial charge in [-0.2, -0.15) is 0 Å². The molecule has 0 rings (SSSR count). The first-order valence-electron chi connectivity index (χ1n) is 7.28. The highest BCUT2D eigenvalue weighted by molar-refractivity contribution is 5.87. The Morgan fingerprint density at radius 2 is 1.79 bits per heavy atom. The summed E-state index contributed by atoms with van der Waals surface area (Å²) in [6.45, 7) is 6.26.